The number of hydrogen-bond donors (Lipinski definition) is 2. The summed E-state index contributed by atoms with van der Waals surface area (Å²) in [5, 5.41) is 5.65. The predicted octanol–water partition coefficient (Wildman–Crippen LogP) is 3.26. The van der Waals surface area contributed by atoms with E-state index < -0.39 is 11.6 Å². The molecule has 1 saturated carbocycles. The number of rotatable bonds is 3. The van der Waals surface area contributed by atoms with Crippen molar-refractivity contribution in [3.8, 4) is 0 Å². The molecule has 7 heteroatoms. The SMILES string of the molecule is O=C(CN1C(=O)NC2(CCCCCCC2)C1=O)Nc1ccccc1I. The number of nitrogens with zero attached hydrogens (tertiary/aromatic N) is 1. The third-order valence-corrected chi connectivity index (χ3v) is 5.84. The van der Waals surface area contributed by atoms with Gasteiger partial charge in [0.1, 0.15) is 12.1 Å². The third kappa shape index (κ3) is 3.96. The first kappa shape index (κ1) is 18.2. The average Bonchev–Trinajstić information content (AvgIpc) is 2.78. The molecule has 4 amide bonds. The van der Waals surface area contributed by atoms with Crippen molar-refractivity contribution >= 4 is 46.1 Å². The topological polar surface area (TPSA) is 78.5 Å². The summed E-state index contributed by atoms with van der Waals surface area (Å²) in [5.74, 6) is -0.618. The number of imide groups is 1. The highest BCUT2D eigenvalue weighted by Crippen LogP contribution is 2.32. The van der Waals surface area contributed by atoms with Crippen molar-refractivity contribution in [2.45, 2.75) is 50.5 Å². The lowest BCUT2D eigenvalue weighted by Crippen LogP contribution is -2.47. The van der Waals surface area contributed by atoms with Gasteiger partial charge in [-0.05, 0) is 47.6 Å². The fourth-order valence-electron chi connectivity index (χ4n) is 3.56. The molecule has 1 aliphatic carbocycles. The Kier molecular flexibility index (Phi) is 5.61. The summed E-state index contributed by atoms with van der Waals surface area (Å²) in [5.41, 5.74) is -0.125. The normalized spacial score (nSPS) is 20.1. The second kappa shape index (κ2) is 7.72. The molecule has 25 heavy (non-hydrogen) atoms. The molecular weight excluding hydrogens is 433 g/mol. The van der Waals surface area contributed by atoms with Crippen LogP contribution < -0.4 is 10.6 Å². The van der Waals surface area contributed by atoms with Gasteiger partial charge in [0.2, 0.25) is 5.91 Å². The smallest absolute Gasteiger partial charge is 0.324 e. The fourth-order valence-corrected chi connectivity index (χ4v) is 4.09. The van der Waals surface area contributed by atoms with Gasteiger partial charge in [-0.15, -0.1) is 0 Å². The van der Waals surface area contributed by atoms with Crippen LogP contribution in [0.1, 0.15) is 44.9 Å². The van der Waals surface area contributed by atoms with E-state index in [1.165, 1.54) is 6.42 Å². The molecule has 0 unspecified atom stereocenters. The van der Waals surface area contributed by atoms with Crippen molar-refractivity contribution in [1.29, 1.82) is 0 Å². The van der Waals surface area contributed by atoms with Crippen molar-refractivity contribution < 1.29 is 14.4 Å². The van der Waals surface area contributed by atoms with Crippen LogP contribution in [0.15, 0.2) is 24.3 Å². The molecule has 2 fully saturated rings. The third-order valence-electron chi connectivity index (χ3n) is 4.90. The van der Waals surface area contributed by atoms with E-state index in [2.05, 4.69) is 33.2 Å². The Bertz CT molecular complexity index is 684. The number of hydrogen-bond acceptors (Lipinski definition) is 3. The molecule has 1 saturated heterocycles. The second-order valence-electron chi connectivity index (χ2n) is 6.70. The van der Waals surface area contributed by atoms with Gasteiger partial charge < -0.3 is 10.6 Å². The van der Waals surface area contributed by atoms with Gasteiger partial charge >= 0.3 is 6.03 Å². The zero-order chi connectivity index (χ0) is 17.9. The van der Waals surface area contributed by atoms with Crippen LogP contribution >= 0.6 is 22.6 Å². The summed E-state index contributed by atoms with van der Waals surface area (Å²) in [6, 6.07) is 6.93. The molecule has 1 heterocycles. The molecule has 2 N–H and O–H groups in total. The maximum Gasteiger partial charge on any atom is 0.325 e. The van der Waals surface area contributed by atoms with Gasteiger partial charge in [-0.25, -0.2) is 4.79 Å². The summed E-state index contributed by atoms with van der Waals surface area (Å²) < 4.78 is 0.905. The van der Waals surface area contributed by atoms with Crippen LogP contribution in [-0.4, -0.2) is 34.8 Å². The molecule has 6 nitrogen and oxygen atoms in total. The van der Waals surface area contributed by atoms with Gasteiger partial charge in [0, 0.05) is 3.57 Å². The number of nitrogens with one attached hydrogen (secondary N) is 2. The maximum absolute atomic E-state index is 12.9. The number of amides is 4. The summed E-state index contributed by atoms with van der Waals surface area (Å²) in [4.78, 5) is 38.6. The Morgan fingerprint density at radius 1 is 1.12 bits per heavy atom. The Balaban J connectivity index is 1.68. The quantitative estimate of drug-likeness (QED) is 0.543. The lowest BCUT2D eigenvalue weighted by molar-refractivity contribution is -0.134. The minimum atomic E-state index is -0.807. The fraction of sp³-hybridized carbons (Fsp3) is 0.500. The highest BCUT2D eigenvalue weighted by atomic mass is 127. The first-order valence-electron chi connectivity index (χ1n) is 8.70. The van der Waals surface area contributed by atoms with Crippen LogP contribution in [0.5, 0.6) is 0 Å². The standard InChI is InChI=1S/C18H22IN3O3/c19-13-8-4-5-9-14(13)20-15(23)12-22-16(24)18(21-17(22)25)10-6-2-1-3-7-11-18/h4-5,8-9H,1-3,6-7,10-12H2,(H,20,23)(H,21,25). The molecule has 134 valence electrons. The molecule has 1 aliphatic heterocycles. The van der Waals surface area contributed by atoms with Crippen LogP contribution in [0.4, 0.5) is 10.5 Å². The monoisotopic (exact) mass is 455 g/mol. The van der Waals surface area contributed by atoms with E-state index in [-0.39, 0.29) is 18.4 Å². The number of carbonyl (C=O) groups excluding carboxylic acids is 3. The maximum atomic E-state index is 12.9. The Labute approximate surface area is 160 Å². The number of urea groups is 1. The molecule has 3 rings (SSSR count). The first-order valence-corrected chi connectivity index (χ1v) is 9.78. The van der Waals surface area contributed by atoms with E-state index in [4.69, 9.17) is 0 Å². The minimum Gasteiger partial charge on any atom is -0.324 e. The largest absolute Gasteiger partial charge is 0.325 e. The van der Waals surface area contributed by atoms with E-state index in [1.54, 1.807) is 6.07 Å². The van der Waals surface area contributed by atoms with Crippen LogP contribution in [0.25, 0.3) is 0 Å². The lowest BCUT2D eigenvalue weighted by Gasteiger charge is -2.28. The molecule has 1 aromatic rings. The van der Waals surface area contributed by atoms with Crippen molar-refractivity contribution in [2.24, 2.45) is 0 Å². The minimum absolute atomic E-state index is 0.252. The molecule has 0 bridgehead atoms. The lowest BCUT2D eigenvalue weighted by atomic mass is 9.84. The van der Waals surface area contributed by atoms with Gasteiger partial charge in [0.25, 0.3) is 5.91 Å². The first-order chi connectivity index (χ1) is 12.0. The zero-order valence-electron chi connectivity index (χ0n) is 14.0. The van der Waals surface area contributed by atoms with E-state index >= 15 is 0 Å². The molecule has 1 aromatic carbocycles. The molecular formula is C18H22IN3O3. The number of benzene rings is 1. The van der Waals surface area contributed by atoms with E-state index in [0.717, 1.165) is 34.2 Å². The summed E-state index contributed by atoms with van der Waals surface area (Å²) in [6.45, 7) is -0.253. The molecule has 0 aromatic heterocycles. The van der Waals surface area contributed by atoms with Crippen LogP contribution in [-0.2, 0) is 9.59 Å². The second-order valence-corrected chi connectivity index (χ2v) is 7.86. The Morgan fingerprint density at radius 2 is 1.76 bits per heavy atom. The predicted molar refractivity (Wildman–Crippen MR) is 103 cm³/mol. The summed E-state index contributed by atoms with van der Waals surface area (Å²) >= 11 is 2.13. The van der Waals surface area contributed by atoms with Gasteiger partial charge in [0.15, 0.2) is 0 Å². The summed E-state index contributed by atoms with van der Waals surface area (Å²) in [6.07, 6.45) is 6.51. The average molecular weight is 455 g/mol. The highest BCUT2D eigenvalue weighted by molar-refractivity contribution is 14.1. The van der Waals surface area contributed by atoms with Crippen molar-refractivity contribution in [3.63, 3.8) is 0 Å². The van der Waals surface area contributed by atoms with Crippen molar-refractivity contribution in [1.82, 2.24) is 10.2 Å². The van der Waals surface area contributed by atoms with Crippen molar-refractivity contribution in [2.75, 3.05) is 11.9 Å². The summed E-state index contributed by atoms with van der Waals surface area (Å²) in [7, 11) is 0. The van der Waals surface area contributed by atoms with Gasteiger partial charge in [0.05, 0.1) is 5.69 Å². The van der Waals surface area contributed by atoms with Crippen LogP contribution in [0.2, 0.25) is 0 Å². The van der Waals surface area contributed by atoms with Crippen molar-refractivity contribution in [3.05, 3.63) is 27.8 Å². The zero-order valence-corrected chi connectivity index (χ0v) is 16.2. The molecule has 0 radical (unpaired) electrons. The van der Waals surface area contributed by atoms with Gasteiger partial charge in [-0.3, -0.25) is 14.5 Å². The van der Waals surface area contributed by atoms with E-state index in [9.17, 15) is 14.4 Å². The van der Waals surface area contributed by atoms with E-state index in [1.807, 2.05) is 18.2 Å². The number of halogens is 1. The number of carbonyl (C=O) groups is 3. The van der Waals surface area contributed by atoms with Crippen LogP contribution in [0, 0.1) is 3.57 Å². The molecule has 0 atom stereocenters. The van der Waals surface area contributed by atoms with E-state index in [0.29, 0.717) is 18.5 Å². The Morgan fingerprint density at radius 3 is 2.44 bits per heavy atom. The van der Waals surface area contributed by atoms with Gasteiger partial charge in [-0.1, -0.05) is 44.2 Å². The Hall–Kier alpha value is -1.64. The molecule has 2 aliphatic rings. The van der Waals surface area contributed by atoms with Crippen LogP contribution in [0.3, 0.4) is 0 Å². The number of para-hydroxylation sites is 1. The molecule has 1 spiro atoms. The highest BCUT2D eigenvalue weighted by Gasteiger charge is 2.50. The number of anilines is 1. The van der Waals surface area contributed by atoms with Gasteiger partial charge in [-0.2, -0.15) is 0 Å².